The first-order chi connectivity index (χ1) is 26.4. The molecule has 0 saturated carbocycles. The molecule has 2 aromatic heterocycles. The summed E-state index contributed by atoms with van der Waals surface area (Å²) in [5.41, 5.74) is 4.77. The summed E-state index contributed by atoms with van der Waals surface area (Å²) in [4.78, 5) is 38.4. The molecule has 5 rings (SSSR count). The zero-order valence-corrected chi connectivity index (χ0v) is 32.0. The molecule has 15 nitrogen and oxygen atoms in total. The molecule has 0 amide bonds. The normalized spacial score (nSPS) is 19.8. The molecule has 294 valence electrons. The molecule has 2 aromatic carbocycles. The number of anilines is 1. The quantitative estimate of drug-likeness (QED) is 0.0471. The number of hydrogen-bond acceptors (Lipinski definition) is 13. The number of para-hydroxylation sites is 1. The molecule has 17 heteroatoms. The number of ether oxygens (including phenoxy) is 4. The fourth-order valence-electron chi connectivity index (χ4n) is 6.08. The van der Waals surface area contributed by atoms with Gasteiger partial charge >= 0.3 is 25.9 Å². The second kappa shape index (κ2) is 18.5. The fourth-order valence-corrected chi connectivity index (χ4v) is 7.60. The van der Waals surface area contributed by atoms with Crippen molar-refractivity contribution >= 4 is 36.9 Å². The number of nitrogens with two attached hydrogens (primary N) is 1. The van der Waals surface area contributed by atoms with E-state index in [1.807, 2.05) is 19.9 Å². The molecule has 3 heterocycles. The minimum atomic E-state index is -4.58. The average molecular weight is 781 g/mol. The number of nitrogens with zero attached hydrogens (tertiary/aromatic N) is 4. The van der Waals surface area contributed by atoms with Gasteiger partial charge in [0.1, 0.15) is 30.7 Å². The molecular weight excluding hydrogens is 734 g/mol. The number of benzene rings is 2. The molecule has 4 aromatic rings. The molecule has 0 bridgehead atoms. The van der Waals surface area contributed by atoms with Crippen molar-refractivity contribution in [1.82, 2.24) is 24.6 Å². The van der Waals surface area contributed by atoms with Crippen molar-refractivity contribution in [2.75, 3.05) is 12.3 Å². The van der Waals surface area contributed by atoms with Gasteiger partial charge in [0.05, 0.1) is 12.4 Å². The molecule has 55 heavy (non-hydrogen) atoms. The van der Waals surface area contributed by atoms with Crippen LogP contribution in [0.2, 0.25) is 0 Å². The van der Waals surface area contributed by atoms with E-state index < -0.39 is 68.7 Å². The second-order valence-electron chi connectivity index (χ2n) is 13.2. The molecule has 1 aliphatic rings. The lowest BCUT2D eigenvalue weighted by molar-refractivity contribution is -0.149. The van der Waals surface area contributed by atoms with Crippen molar-refractivity contribution in [1.29, 1.82) is 0 Å². The topological polar surface area (TPSA) is 188 Å². The Balaban J connectivity index is 1.50. The summed E-state index contributed by atoms with van der Waals surface area (Å²) >= 11 is 0. The van der Waals surface area contributed by atoms with Crippen molar-refractivity contribution in [3.8, 4) is 18.1 Å². The third kappa shape index (κ3) is 10.6. The van der Waals surface area contributed by atoms with Gasteiger partial charge in [-0.05, 0) is 50.8 Å². The van der Waals surface area contributed by atoms with E-state index in [2.05, 4.69) is 26.0 Å². The van der Waals surface area contributed by atoms with Gasteiger partial charge in [0.15, 0.2) is 28.7 Å². The maximum Gasteiger partial charge on any atom is 0.508 e. The van der Waals surface area contributed by atoms with Crippen LogP contribution in [0.1, 0.15) is 71.6 Å². The highest BCUT2D eigenvalue weighted by atomic mass is 31.2. The number of carbonyl (C=O) groups is 2. The second-order valence-corrected chi connectivity index (χ2v) is 14.9. The largest absolute Gasteiger partial charge is 0.508 e. The van der Waals surface area contributed by atoms with E-state index in [-0.39, 0.29) is 35.6 Å². The average Bonchev–Trinajstić information content (AvgIpc) is 3.73. The number of hydrogen-bond donors (Lipinski definition) is 2. The van der Waals surface area contributed by atoms with Gasteiger partial charge in [-0.3, -0.25) is 13.9 Å². The molecule has 3 N–H and O–H groups in total. The maximum absolute atomic E-state index is 14.9. The monoisotopic (exact) mass is 780 g/mol. The Bertz CT molecular complexity index is 1990. The number of terminal acetylenes is 1. The summed E-state index contributed by atoms with van der Waals surface area (Å²) in [6.45, 7) is 6.62. The van der Waals surface area contributed by atoms with Gasteiger partial charge in [-0.25, -0.2) is 14.3 Å². The van der Waals surface area contributed by atoms with Crippen molar-refractivity contribution in [2.24, 2.45) is 0 Å². The lowest BCUT2D eigenvalue weighted by Crippen LogP contribution is -2.46. The minimum absolute atomic E-state index is 0.0109. The number of halogens is 1. The molecule has 0 unspecified atom stereocenters. The maximum atomic E-state index is 14.9. The van der Waals surface area contributed by atoms with E-state index in [4.69, 9.17) is 40.2 Å². The SMILES string of the molecule is C#C[C@]1(CO[P@@](=O)(N[C@@H](Cc2ccccc2)C(=O)OC(C)C)Oc2ccccc2)O[C@@H](n2cnc3c(N)nc(F)nc32)C[C@@H]1OC(=O)OC(CCC)CCC. The number of nitrogens with one attached hydrogen (secondary N) is 1. The van der Waals surface area contributed by atoms with Crippen LogP contribution in [0, 0.1) is 18.4 Å². The van der Waals surface area contributed by atoms with Crippen LogP contribution in [0.15, 0.2) is 67.0 Å². The fraction of sp³-hybridized carbons (Fsp3) is 0.447. The minimum Gasteiger partial charge on any atom is -0.462 e. The summed E-state index contributed by atoms with van der Waals surface area (Å²) in [5, 5.41) is 2.78. The molecule has 1 saturated heterocycles. The molecule has 5 atom stereocenters. The first kappa shape index (κ1) is 41.1. The van der Waals surface area contributed by atoms with E-state index >= 15 is 0 Å². The Hall–Kier alpha value is -5.07. The molecule has 0 radical (unpaired) electrons. The Morgan fingerprint density at radius 3 is 2.40 bits per heavy atom. The van der Waals surface area contributed by atoms with Crippen molar-refractivity contribution in [2.45, 2.75) is 102 Å². The standard InChI is InChI=1S/C38H46FN6O9P/c1-6-15-27(16-7-2)51-37(47)52-30-22-31(45-24-41-32-33(40)42-36(39)43-34(32)45)53-38(30,8-3)23-49-55(48,54-28-19-13-10-14-20-28)44-29(35(46)50-25(4)5)21-26-17-11-9-12-18-26/h3,9-14,17-20,24-25,27,29-31H,6-7,15-16,21-23H2,1-2,4-5H3,(H,44,48)(H2,40,42,43)/t29-,30-,31+,38+,55-/m0/s1. The smallest absolute Gasteiger partial charge is 0.462 e. The summed E-state index contributed by atoms with van der Waals surface area (Å²) in [6.07, 6.45) is 4.79. The Kier molecular flexibility index (Phi) is 13.8. The van der Waals surface area contributed by atoms with Gasteiger partial charge in [0, 0.05) is 6.42 Å². The molecule has 1 fully saturated rings. The van der Waals surface area contributed by atoms with Crippen molar-refractivity contribution in [3.63, 3.8) is 0 Å². The van der Waals surface area contributed by atoms with E-state index in [1.54, 1.807) is 68.4 Å². The van der Waals surface area contributed by atoms with Crippen molar-refractivity contribution in [3.05, 3.63) is 78.6 Å². The number of nitrogen functional groups attached to an aromatic ring is 1. The van der Waals surface area contributed by atoms with Crippen LogP contribution in [0.5, 0.6) is 5.75 Å². The van der Waals surface area contributed by atoms with Gasteiger partial charge < -0.3 is 29.2 Å². The van der Waals surface area contributed by atoms with E-state index in [0.29, 0.717) is 12.8 Å². The Morgan fingerprint density at radius 1 is 1.09 bits per heavy atom. The highest BCUT2D eigenvalue weighted by molar-refractivity contribution is 7.52. The zero-order chi connectivity index (χ0) is 39.6. The van der Waals surface area contributed by atoms with Gasteiger partial charge in [-0.2, -0.15) is 19.4 Å². The number of esters is 1. The third-order valence-electron chi connectivity index (χ3n) is 8.63. The molecule has 0 spiro atoms. The van der Waals surface area contributed by atoms with Crippen LogP contribution < -0.4 is 15.3 Å². The van der Waals surface area contributed by atoms with Crippen LogP contribution >= 0.6 is 7.75 Å². The predicted octanol–water partition coefficient (Wildman–Crippen LogP) is 6.69. The highest BCUT2D eigenvalue weighted by Gasteiger charge is 2.54. The summed E-state index contributed by atoms with van der Waals surface area (Å²) in [7, 11) is -4.58. The van der Waals surface area contributed by atoms with Gasteiger partial charge in [-0.1, -0.05) is 81.1 Å². The lowest BCUT2D eigenvalue weighted by Gasteiger charge is -2.31. The zero-order valence-electron chi connectivity index (χ0n) is 31.1. The summed E-state index contributed by atoms with van der Waals surface area (Å²) in [6, 6.07) is 16.0. The predicted molar refractivity (Wildman–Crippen MR) is 200 cm³/mol. The molecule has 1 aliphatic heterocycles. The Labute approximate surface area is 319 Å². The third-order valence-corrected chi connectivity index (χ3v) is 10.2. The number of carbonyl (C=O) groups excluding carboxylic acids is 2. The number of aromatic nitrogens is 4. The van der Waals surface area contributed by atoms with Crippen LogP contribution in [-0.2, 0) is 39.3 Å². The molecular formula is C38H46FN6O9P. The summed E-state index contributed by atoms with van der Waals surface area (Å²) in [5.74, 6) is 1.77. The van der Waals surface area contributed by atoms with Crippen LogP contribution in [0.4, 0.5) is 15.0 Å². The van der Waals surface area contributed by atoms with E-state index in [9.17, 15) is 18.5 Å². The van der Waals surface area contributed by atoms with Gasteiger partial charge in [-0.15, -0.1) is 6.42 Å². The number of imidazole rings is 1. The number of fused-ring (bicyclic) bond motifs is 1. The van der Waals surface area contributed by atoms with Crippen molar-refractivity contribution < 1.29 is 46.5 Å². The highest BCUT2D eigenvalue weighted by Crippen LogP contribution is 2.49. The molecule has 0 aliphatic carbocycles. The van der Waals surface area contributed by atoms with E-state index in [0.717, 1.165) is 18.4 Å². The number of rotatable bonds is 18. The summed E-state index contributed by atoms with van der Waals surface area (Å²) < 4.78 is 66.1. The van der Waals surface area contributed by atoms with Crippen LogP contribution in [0.3, 0.4) is 0 Å². The van der Waals surface area contributed by atoms with Crippen LogP contribution in [0.25, 0.3) is 11.2 Å². The van der Waals surface area contributed by atoms with Gasteiger partial charge in [0.2, 0.25) is 0 Å². The first-order valence-electron chi connectivity index (χ1n) is 18.1. The van der Waals surface area contributed by atoms with Gasteiger partial charge in [0.25, 0.3) is 0 Å². The van der Waals surface area contributed by atoms with Crippen LogP contribution in [-0.4, -0.2) is 68.2 Å². The van der Waals surface area contributed by atoms with E-state index in [1.165, 1.54) is 10.9 Å². The first-order valence-corrected chi connectivity index (χ1v) is 19.6. The lowest BCUT2D eigenvalue weighted by atomic mass is 9.99. The Morgan fingerprint density at radius 2 is 1.76 bits per heavy atom.